The van der Waals surface area contributed by atoms with Crippen LogP contribution in [0.3, 0.4) is 0 Å². The molecule has 0 bridgehead atoms. The summed E-state index contributed by atoms with van der Waals surface area (Å²) in [6.45, 7) is 0. The third-order valence-corrected chi connectivity index (χ3v) is 2.98. The van der Waals surface area contributed by atoms with Crippen molar-refractivity contribution in [2.75, 3.05) is 0 Å². The lowest BCUT2D eigenvalue weighted by Gasteiger charge is -2.02. The first-order valence-corrected chi connectivity index (χ1v) is 5.90. The van der Waals surface area contributed by atoms with Crippen LogP contribution in [-0.2, 0) is 14.6 Å². The number of ether oxygens (including phenoxy) is 1. The summed E-state index contributed by atoms with van der Waals surface area (Å²) in [5.41, 5.74) is -0.580. The summed E-state index contributed by atoms with van der Waals surface area (Å²) in [4.78, 5) is 17.7. The number of pyridine rings is 1. The average molecular weight is 254 g/mol. The van der Waals surface area contributed by atoms with Crippen molar-refractivity contribution in [1.29, 1.82) is 0 Å². The maximum Gasteiger partial charge on any atom is 0.355 e. The molecule has 2 heterocycles. The van der Waals surface area contributed by atoms with E-state index in [1.54, 1.807) is 6.07 Å². The molecule has 7 nitrogen and oxygen atoms in total. The van der Waals surface area contributed by atoms with E-state index < -0.39 is 26.7 Å². The first kappa shape index (κ1) is 11.3. The first-order valence-electron chi connectivity index (χ1n) is 4.36. The lowest BCUT2D eigenvalue weighted by atomic mass is 10.5. The normalized spacial score (nSPS) is 17.2. The maximum absolute atomic E-state index is 11.5. The van der Waals surface area contributed by atoms with Gasteiger partial charge in [0, 0.05) is 6.20 Å². The fourth-order valence-corrected chi connectivity index (χ4v) is 2.06. The summed E-state index contributed by atoms with van der Waals surface area (Å²) in [5, 5.41) is 8.50. The van der Waals surface area contributed by atoms with Gasteiger partial charge in [-0.15, -0.1) is 0 Å². The predicted octanol–water partition coefficient (Wildman–Crippen LogP) is 0.171. The molecule has 0 aliphatic carbocycles. The Morgan fingerprint density at radius 1 is 1.41 bits per heavy atom. The van der Waals surface area contributed by atoms with E-state index in [-0.39, 0.29) is 5.75 Å². The van der Waals surface area contributed by atoms with Crippen molar-refractivity contribution in [3.63, 3.8) is 0 Å². The molecule has 0 spiro atoms. The molecule has 1 aliphatic rings. The highest BCUT2D eigenvalue weighted by atomic mass is 32.2. The van der Waals surface area contributed by atoms with Gasteiger partial charge in [-0.25, -0.2) is 13.2 Å². The highest BCUT2D eigenvalue weighted by Crippen LogP contribution is 2.18. The number of nitrogens with zero attached hydrogens (tertiary/aromatic N) is 2. The number of aliphatic imine (C=N–C) groups is 1. The Balaban J connectivity index is 2.30. The Labute approximate surface area is 96.0 Å². The highest BCUT2D eigenvalue weighted by molar-refractivity contribution is 8.08. The van der Waals surface area contributed by atoms with E-state index in [2.05, 4.69) is 9.98 Å². The van der Waals surface area contributed by atoms with Gasteiger partial charge >= 0.3 is 11.2 Å². The number of aliphatic carboxylic acids is 1. The minimum atomic E-state index is -3.92. The fraction of sp³-hybridized carbons (Fsp3) is 0. The summed E-state index contributed by atoms with van der Waals surface area (Å²) >= 11 is 0. The lowest BCUT2D eigenvalue weighted by molar-refractivity contribution is -0.132. The summed E-state index contributed by atoms with van der Waals surface area (Å²) < 4.78 is 27.9. The molecule has 1 aromatic heterocycles. The Hall–Kier alpha value is -2.22. The predicted molar refractivity (Wildman–Crippen MR) is 56.9 cm³/mol. The third-order valence-electron chi connectivity index (χ3n) is 1.78. The van der Waals surface area contributed by atoms with Gasteiger partial charge in [-0.2, -0.15) is 4.99 Å². The van der Waals surface area contributed by atoms with Crippen LogP contribution in [0.25, 0.3) is 0 Å². The smallest absolute Gasteiger partial charge is 0.355 e. The molecule has 0 saturated heterocycles. The third kappa shape index (κ3) is 2.31. The molecule has 17 heavy (non-hydrogen) atoms. The van der Waals surface area contributed by atoms with Crippen molar-refractivity contribution in [3.8, 4) is 5.75 Å². The van der Waals surface area contributed by atoms with Crippen LogP contribution in [0.2, 0.25) is 0 Å². The standard InChI is InChI=1S/C9H6N2O5S/c12-8(13)7-5-17(14,15)9(11-7)16-6-2-1-3-10-4-6/h1-5H,(H,12,13). The van der Waals surface area contributed by atoms with Crippen LogP contribution in [0.15, 0.2) is 40.6 Å². The Kier molecular flexibility index (Phi) is 2.64. The van der Waals surface area contributed by atoms with Crippen molar-refractivity contribution in [1.82, 2.24) is 4.98 Å². The maximum atomic E-state index is 11.5. The number of carboxylic acid groups (broad SMARTS) is 1. The number of sulfone groups is 1. The van der Waals surface area contributed by atoms with Crippen molar-refractivity contribution in [3.05, 3.63) is 35.6 Å². The van der Waals surface area contributed by atoms with E-state index in [9.17, 15) is 13.2 Å². The van der Waals surface area contributed by atoms with Crippen LogP contribution < -0.4 is 4.74 Å². The molecule has 0 amide bonds. The van der Waals surface area contributed by atoms with Crippen molar-refractivity contribution >= 4 is 21.0 Å². The molecule has 1 aromatic rings. The number of aromatic nitrogens is 1. The number of rotatable bonds is 2. The minimum absolute atomic E-state index is 0.162. The average Bonchev–Trinajstić information content (AvgIpc) is 2.56. The monoisotopic (exact) mass is 254 g/mol. The van der Waals surface area contributed by atoms with Gasteiger partial charge in [0.1, 0.15) is 5.75 Å². The summed E-state index contributed by atoms with van der Waals surface area (Å²) in [7, 11) is -3.92. The zero-order chi connectivity index (χ0) is 12.5. The molecule has 0 saturated carbocycles. The van der Waals surface area contributed by atoms with Crippen LogP contribution in [0.4, 0.5) is 0 Å². The van der Waals surface area contributed by atoms with Gasteiger partial charge in [-0.05, 0) is 12.1 Å². The van der Waals surface area contributed by atoms with Crippen molar-refractivity contribution in [2.45, 2.75) is 0 Å². The first-order chi connectivity index (χ1) is 7.99. The molecule has 1 aliphatic heterocycles. The van der Waals surface area contributed by atoms with E-state index in [1.807, 2.05) is 0 Å². The van der Waals surface area contributed by atoms with Gasteiger partial charge in [0.15, 0.2) is 5.70 Å². The van der Waals surface area contributed by atoms with Crippen LogP contribution in [0.1, 0.15) is 0 Å². The summed E-state index contributed by atoms with van der Waals surface area (Å²) in [6, 6.07) is 3.02. The molecular formula is C9H6N2O5S. The molecule has 0 fully saturated rings. The summed E-state index contributed by atoms with van der Waals surface area (Å²) in [6.07, 6.45) is 2.77. The van der Waals surface area contributed by atoms with E-state index in [1.165, 1.54) is 18.5 Å². The largest absolute Gasteiger partial charge is 0.476 e. The molecule has 0 unspecified atom stereocenters. The Morgan fingerprint density at radius 2 is 2.18 bits per heavy atom. The summed E-state index contributed by atoms with van der Waals surface area (Å²) in [5.74, 6) is -1.27. The number of hydrogen-bond acceptors (Lipinski definition) is 6. The molecule has 0 radical (unpaired) electrons. The minimum Gasteiger partial charge on any atom is -0.476 e. The highest BCUT2D eigenvalue weighted by Gasteiger charge is 2.30. The van der Waals surface area contributed by atoms with Crippen LogP contribution in [-0.4, -0.2) is 29.7 Å². The van der Waals surface area contributed by atoms with Gasteiger partial charge in [0.05, 0.1) is 11.6 Å². The fourth-order valence-electron chi connectivity index (χ4n) is 1.07. The Bertz CT molecular complexity index is 618. The van der Waals surface area contributed by atoms with E-state index in [0.717, 1.165) is 0 Å². The molecular weight excluding hydrogens is 248 g/mol. The van der Waals surface area contributed by atoms with Gasteiger partial charge in [-0.1, -0.05) is 0 Å². The van der Waals surface area contributed by atoms with Crippen molar-refractivity contribution in [2.24, 2.45) is 4.99 Å². The van der Waals surface area contributed by atoms with E-state index in [4.69, 9.17) is 9.84 Å². The molecule has 0 atom stereocenters. The lowest BCUT2D eigenvalue weighted by Crippen LogP contribution is -2.16. The quantitative estimate of drug-likeness (QED) is 0.806. The zero-order valence-electron chi connectivity index (χ0n) is 8.27. The topological polar surface area (TPSA) is 106 Å². The zero-order valence-corrected chi connectivity index (χ0v) is 9.09. The second-order valence-corrected chi connectivity index (χ2v) is 4.70. The van der Waals surface area contributed by atoms with Crippen molar-refractivity contribution < 1.29 is 23.1 Å². The SMILES string of the molecule is O=C(O)C1=CS(=O)(=O)C(Oc2cccnc2)=N1. The van der Waals surface area contributed by atoms with Gasteiger partial charge < -0.3 is 9.84 Å². The van der Waals surface area contributed by atoms with Crippen LogP contribution in [0.5, 0.6) is 5.75 Å². The second kappa shape index (κ2) is 3.98. The Morgan fingerprint density at radius 3 is 2.71 bits per heavy atom. The van der Waals surface area contributed by atoms with Gasteiger partial charge in [-0.3, -0.25) is 4.98 Å². The molecule has 8 heteroatoms. The van der Waals surface area contributed by atoms with Crippen LogP contribution in [0, 0.1) is 0 Å². The van der Waals surface area contributed by atoms with Crippen LogP contribution >= 0.6 is 0 Å². The van der Waals surface area contributed by atoms with E-state index in [0.29, 0.717) is 5.41 Å². The molecule has 0 aromatic carbocycles. The van der Waals surface area contributed by atoms with Gasteiger partial charge in [0.25, 0.3) is 9.84 Å². The number of carboxylic acids is 1. The molecule has 2 rings (SSSR count). The molecule has 1 N–H and O–H groups in total. The number of carbonyl (C=O) groups is 1. The second-order valence-electron chi connectivity index (χ2n) is 3.02. The molecule has 88 valence electrons. The number of hydrogen-bond donors (Lipinski definition) is 1. The van der Waals surface area contributed by atoms with E-state index >= 15 is 0 Å². The van der Waals surface area contributed by atoms with Gasteiger partial charge in [0.2, 0.25) is 0 Å².